The predicted octanol–water partition coefficient (Wildman–Crippen LogP) is 3.32. The molecule has 1 unspecified atom stereocenters. The van der Waals surface area contributed by atoms with Gasteiger partial charge in [-0.25, -0.2) is 4.98 Å². The molecular formula is C15H18N4O3S. The topological polar surface area (TPSA) is 90.1 Å². The van der Waals surface area contributed by atoms with E-state index in [0.29, 0.717) is 5.69 Å². The summed E-state index contributed by atoms with van der Waals surface area (Å²) in [6.07, 6.45) is 4.58. The number of benzene rings is 1. The highest BCUT2D eigenvalue weighted by Gasteiger charge is 2.18. The normalized spacial score (nSPS) is 11.9. The van der Waals surface area contributed by atoms with E-state index in [0.717, 1.165) is 18.1 Å². The Morgan fingerprint density at radius 2 is 2.30 bits per heavy atom. The van der Waals surface area contributed by atoms with Crippen LogP contribution < -0.4 is 5.32 Å². The van der Waals surface area contributed by atoms with Gasteiger partial charge in [-0.3, -0.25) is 14.9 Å². The number of thioether (sulfide) groups is 1. The zero-order chi connectivity index (χ0) is 16.8. The average molecular weight is 334 g/mol. The lowest BCUT2D eigenvalue weighted by Crippen LogP contribution is -2.23. The summed E-state index contributed by atoms with van der Waals surface area (Å²) in [4.78, 5) is 26.8. The molecule has 1 aromatic heterocycles. The van der Waals surface area contributed by atoms with Crippen LogP contribution in [-0.4, -0.2) is 25.6 Å². The first-order valence-corrected chi connectivity index (χ1v) is 8.12. The van der Waals surface area contributed by atoms with Gasteiger partial charge in [-0.1, -0.05) is 24.8 Å². The van der Waals surface area contributed by atoms with Crippen LogP contribution in [-0.2, 0) is 11.3 Å². The Morgan fingerprint density at radius 1 is 1.52 bits per heavy atom. The molecule has 0 spiro atoms. The highest BCUT2D eigenvalue weighted by molar-refractivity contribution is 8.00. The van der Waals surface area contributed by atoms with E-state index < -0.39 is 4.92 Å². The minimum Gasteiger partial charge on any atom is -0.326 e. The Labute approximate surface area is 138 Å². The smallest absolute Gasteiger partial charge is 0.271 e. The molecule has 0 saturated carbocycles. The number of anilines is 1. The Balaban J connectivity index is 2.01. The first-order valence-electron chi connectivity index (χ1n) is 7.24. The molecule has 0 aliphatic carbocycles. The molecule has 2 rings (SSSR count). The summed E-state index contributed by atoms with van der Waals surface area (Å²) >= 11 is 1.36. The number of nitrogens with one attached hydrogen (secondary N) is 1. The van der Waals surface area contributed by atoms with E-state index in [4.69, 9.17) is 0 Å². The summed E-state index contributed by atoms with van der Waals surface area (Å²) in [6.45, 7) is 4.71. The van der Waals surface area contributed by atoms with Crippen molar-refractivity contribution in [3.05, 3.63) is 46.8 Å². The number of nitro benzene ring substituents is 1. The maximum Gasteiger partial charge on any atom is 0.271 e. The summed E-state index contributed by atoms with van der Waals surface area (Å²) in [5, 5.41) is 13.9. The van der Waals surface area contributed by atoms with Gasteiger partial charge in [0.15, 0.2) is 5.16 Å². The number of amides is 1. The van der Waals surface area contributed by atoms with Crippen LogP contribution in [0, 0.1) is 10.1 Å². The van der Waals surface area contributed by atoms with Gasteiger partial charge in [0.1, 0.15) is 0 Å². The molecule has 23 heavy (non-hydrogen) atoms. The summed E-state index contributed by atoms with van der Waals surface area (Å²) in [5.41, 5.74) is 0.357. The predicted molar refractivity (Wildman–Crippen MR) is 89.6 cm³/mol. The lowest BCUT2D eigenvalue weighted by Gasteiger charge is -2.12. The molecule has 0 radical (unpaired) electrons. The molecule has 1 N–H and O–H groups in total. The number of carbonyl (C=O) groups is 1. The monoisotopic (exact) mass is 334 g/mol. The molecule has 8 heteroatoms. The van der Waals surface area contributed by atoms with Gasteiger partial charge in [-0.2, -0.15) is 0 Å². The number of hydrogen-bond donors (Lipinski definition) is 1. The summed E-state index contributed by atoms with van der Waals surface area (Å²) in [6, 6.07) is 5.89. The number of nitrogens with zero attached hydrogens (tertiary/aromatic N) is 3. The third kappa shape index (κ3) is 4.56. The number of imidazole rings is 1. The van der Waals surface area contributed by atoms with Crippen molar-refractivity contribution in [3.8, 4) is 0 Å². The number of aromatic nitrogens is 2. The third-order valence-electron chi connectivity index (χ3n) is 3.12. The van der Waals surface area contributed by atoms with E-state index in [9.17, 15) is 14.9 Å². The fourth-order valence-electron chi connectivity index (χ4n) is 1.98. The van der Waals surface area contributed by atoms with Crippen molar-refractivity contribution < 1.29 is 9.72 Å². The Morgan fingerprint density at radius 3 is 3.00 bits per heavy atom. The molecule has 0 saturated heterocycles. The Bertz CT molecular complexity index is 702. The highest BCUT2D eigenvalue weighted by Crippen LogP contribution is 2.24. The molecule has 1 aromatic carbocycles. The van der Waals surface area contributed by atoms with Gasteiger partial charge in [0.2, 0.25) is 5.91 Å². The lowest BCUT2D eigenvalue weighted by atomic mass is 10.2. The molecule has 0 bridgehead atoms. The first kappa shape index (κ1) is 17.0. The minimum absolute atomic E-state index is 0.0541. The lowest BCUT2D eigenvalue weighted by molar-refractivity contribution is -0.384. The largest absolute Gasteiger partial charge is 0.326 e. The molecule has 0 aliphatic rings. The first-order chi connectivity index (χ1) is 11.0. The van der Waals surface area contributed by atoms with Gasteiger partial charge >= 0.3 is 0 Å². The van der Waals surface area contributed by atoms with Gasteiger partial charge in [0, 0.05) is 36.8 Å². The minimum atomic E-state index is -0.491. The average Bonchev–Trinajstić information content (AvgIpc) is 2.95. The van der Waals surface area contributed by atoms with Crippen molar-refractivity contribution in [1.29, 1.82) is 0 Å². The van der Waals surface area contributed by atoms with Crippen molar-refractivity contribution in [3.63, 3.8) is 0 Å². The van der Waals surface area contributed by atoms with Gasteiger partial charge in [-0.15, -0.1) is 0 Å². The van der Waals surface area contributed by atoms with E-state index in [-0.39, 0.29) is 16.8 Å². The molecule has 1 heterocycles. The molecule has 1 amide bonds. The molecule has 122 valence electrons. The van der Waals surface area contributed by atoms with Crippen LogP contribution in [0.25, 0.3) is 0 Å². The van der Waals surface area contributed by atoms with Crippen LogP contribution in [0.1, 0.15) is 20.3 Å². The van der Waals surface area contributed by atoms with Crippen molar-refractivity contribution in [2.45, 2.75) is 37.2 Å². The van der Waals surface area contributed by atoms with Gasteiger partial charge in [0.25, 0.3) is 5.69 Å². The summed E-state index contributed by atoms with van der Waals surface area (Å²) in [7, 11) is 0. The number of aryl methyl sites for hydroxylation is 1. The second-order valence-electron chi connectivity index (χ2n) is 4.96. The number of rotatable bonds is 7. The zero-order valence-corrected chi connectivity index (χ0v) is 13.7. The second-order valence-corrected chi connectivity index (χ2v) is 6.27. The third-order valence-corrected chi connectivity index (χ3v) is 4.24. The highest BCUT2D eigenvalue weighted by atomic mass is 32.2. The number of nitro groups is 1. The molecule has 0 aliphatic heterocycles. The Hall–Kier alpha value is -2.35. The molecule has 1 atom stereocenters. The van der Waals surface area contributed by atoms with E-state index in [1.54, 1.807) is 25.3 Å². The fourth-order valence-corrected chi connectivity index (χ4v) is 2.87. The van der Waals surface area contributed by atoms with Crippen LogP contribution in [0.4, 0.5) is 11.4 Å². The summed E-state index contributed by atoms with van der Waals surface area (Å²) in [5.74, 6) is -0.221. The van der Waals surface area contributed by atoms with E-state index in [1.807, 2.05) is 10.8 Å². The maximum atomic E-state index is 12.3. The SMILES string of the molecule is CCCn1ccnc1SC(C)C(=O)Nc1cccc([N+](=O)[O-])c1. The van der Waals surface area contributed by atoms with Crippen molar-refractivity contribution >= 4 is 29.0 Å². The van der Waals surface area contributed by atoms with Crippen molar-refractivity contribution in [2.75, 3.05) is 5.32 Å². The second kappa shape index (κ2) is 7.77. The number of hydrogen-bond acceptors (Lipinski definition) is 5. The maximum absolute atomic E-state index is 12.3. The van der Waals surface area contributed by atoms with Gasteiger partial charge in [0.05, 0.1) is 10.2 Å². The number of carbonyl (C=O) groups excluding carboxylic acids is 1. The van der Waals surface area contributed by atoms with Crippen LogP contribution in [0.2, 0.25) is 0 Å². The zero-order valence-electron chi connectivity index (χ0n) is 12.9. The summed E-state index contributed by atoms with van der Waals surface area (Å²) < 4.78 is 2.00. The van der Waals surface area contributed by atoms with E-state index >= 15 is 0 Å². The van der Waals surface area contributed by atoms with Crippen molar-refractivity contribution in [2.24, 2.45) is 0 Å². The van der Waals surface area contributed by atoms with Crippen LogP contribution >= 0.6 is 11.8 Å². The van der Waals surface area contributed by atoms with Crippen molar-refractivity contribution in [1.82, 2.24) is 9.55 Å². The fraction of sp³-hybridized carbons (Fsp3) is 0.333. The number of non-ortho nitro benzene ring substituents is 1. The molecular weight excluding hydrogens is 316 g/mol. The standard InChI is InChI=1S/C15H18N4O3S/c1-3-8-18-9-7-16-15(18)23-11(2)14(20)17-12-5-4-6-13(10-12)19(21)22/h4-7,9-11H,3,8H2,1-2H3,(H,17,20). The van der Waals surface area contributed by atoms with E-state index in [2.05, 4.69) is 17.2 Å². The molecule has 7 nitrogen and oxygen atoms in total. The molecule has 0 fully saturated rings. The van der Waals surface area contributed by atoms with Crippen LogP contribution in [0.15, 0.2) is 41.8 Å². The van der Waals surface area contributed by atoms with Crippen LogP contribution in [0.3, 0.4) is 0 Å². The van der Waals surface area contributed by atoms with Gasteiger partial charge in [-0.05, 0) is 19.4 Å². The van der Waals surface area contributed by atoms with Crippen LogP contribution in [0.5, 0.6) is 0 Å². The quantitative estimate of drug-likeness (QED) is 0.476. The molecule has 2 aromatic rings. The van der Waals surface area contributed by atoms with Gasteiger partial charge < -0.3 is 9.88 Å². The van der Waals surface area contributed by atoms with E-state index in [1.165, 1.54) is 23.9 Å². The Kier molecular flexibility index (Phi) is 5.75.